The van der Waals surface area contributed by atoms with Gasteiger partial charge in [0, 0.05) is 19.6 Å². The van der Waals surface area contributed by atoms with Gasteiger partial charge in [-0.2, -0.15) is 0 Å². The van der Waals surface area contributed by atoms with Crippen molar-refractivity contribution in [3.63, 3.8) is 0 Å². The highest BCUT2D eigenvalue weighted by atomic mass is 15.1. The number of nitrogens with zero attached hydrogens (tertiary/aromatic N) is 1. The van der Waals surface area contributed by atoms with Crippen molar-refractivity contribution >= 4 is 6.08 Å². The van der Waals surface area contributed by atoms with Crippen LogP contribution in [0.2, 0.25) is 0 Å². The van der Waals surface area contributed by atoms with Crippen LogP contribution in [0.5, 0.6) is 0 Å². The molecule has 4 rings (SSSR count). The van der Waals surface area contributed by atoms with Gasteiger partial charge in [0.15, 0.2) is 0 Å². The highest BCUT2D eigenvalue weighted by Gasteiger charge is 2.12. The number of hydrogen-bond donors (Lipinski definition) is 0. The second-order valence-electron chi connectivity index (χ2n) is 7.60. The Morgan fingerprint density at radius 2 is 1.10 bits per heavy atom. The number of rotatable bonds is 8. The zero-order valence-corrected chi connectivity index (χ0v) is 17.2. The fourth-order valence-corrected chi connectivity index (χ4v) is 3.83. The molecule has 0 aliphatic carbocycles. The summed E-state index contributed by atoms with van der Waals surface area (Å²) >= 11 is 0. The summed E-state index contributed by atoms with van der Waals surface area (Å²) in [5.74, 6) is 0. The maximum absolute atomic E-state index is 3.86. The van der Waals surface area contributed by atoms with E-state index in [1.807, 2.05) is 6.08 Å². The Labute approximate surface area is 179 Å². The van der Waals surface area contributed by atoms with Crippen LogP contribution in [-0.4, -0.2) is 4.90 Å². The van der Waals surface area contributed by atoms with Crippen molar-refractivity contribution in [2.75, 3.05) is 0 Å². The summed E-state index contributed by atoms with van der Waals surface area (Å²) in [5.41, 5.74) is 7.69. The minimum Gasteiger partial charge on any atom is -0.291 e. The van der Waals surface area contributed by atoms with Crippen molar-refractivity contribution in [1.29, 1.82) is 0 Å². The van der Waals surface area contributed by atoms with Crippen LogP contribution in [0, 0.1) is 0 Å². The van der Waals surface area contributed by atoms with Gasteiger partial charge >= 0.3 is 0 Å². The highest BCUT2D eigenvalue weighted by Crippen LogP contribution is 2.26. The Morgan fingerprint density at radius 1 is 0.567 bits per heavy atom. The third kappa shape index (κ3) is 5.14. The molecular weight excluding hydrogens is 362 g/mol. The van der Waals surface area contributed by atoms with Crippen LogP contribution in [0.15, 0.2) is 116 Å². The Balaban J connectivity index is 1.62. The van der Waals surface area contributed by atoms with Crippen molar-refractivity contribution in [3.8, 4) is 11.1 Å². The molecule has 148 valence electrons. The van der Waals surface area contributed by atoms with Gasteiger partial charge in [-0.05, 0) is 33.4 Å². The summed E-state index contributed by atoms with van der Waals surface area (Å²) in [6.45, 7) is 6.59. The minimum absolute atomic E-state index is 0.892. The molecule has 1 nitrogen and oxygen atoms in total. The summed E-state index contributed by atoms with van der Waals surface area (Å²) in [7, 11) is 0. The molecule has 0 spiro atoms. The second kappa shape index (κ2) is 9.87. The highest BCUT2D eigenvalue weighted by molar-refractivity contribution is 5.68. The van der Waals surface area contributed by atoms with Crippen LogP contribution in [0.4, 0.5) is 0 Å². The van der Waals surface area contributed by atoms with Crippen LogP contribution in [0.25, 0.3) is 17.2 Å². The number of benzene rings is 4. The van der Waals surface area contributed by atoms with E-state index in [9.17, 15) is 0 Å². The molecule has 0 aliphatic heterocycles. The third-order valence-electron chi connectivity index (χ3n) is 5.37. The van der Waals surface area contributed by atoms with Crippen LogP contribution >= 0.6 is 0 Å². The van der Waals surface area contributed by atoms with E-state index in [1.165, 1.54) is 27.8 Å². The van der Waals surface area contributed by atoms with E-state index in [-0.39, 0.29) is 0 Å². The molecule has 0 amide bonds. The summed E-state index contributed by atoms with van der Waals surface area (Å²) in [6, 6.07) is 38.8. The lowest BCUT2D eigenvalue weighted by molar-refractivity contribution is 0.248. The average Bonchev–Trinajstić information content (AvgIpc) is 2.81. The lowest BCUT2D eigenvalue weighted by Gasteiger charge is -2.24. The molecule has 0 atom stereocenters. The fraction of sp³-hybridized carbons (Fsp3) is 0.103. The maximum Gasteiger partial charge on any atom is 0.0246 e. The van der Waals surface area contributed by atoms with Crippen molar-refractivity contribution in [1.82, 2.24) is 4.90 Å². The van der Waals surface area contributed by atoms with E-state index in [0.29, 0.717) is 0 Å². The van der Waals surface area contributed by atoms with Gasteiger partial charge in [-0.15, -0.1) is 0 Å². The van der Waals surface area contributed by atoms with E-state index >= 15 is 0 Å². The Bertz CT molecular complexity index is 1020. The normalized spacial score (nSPS) is 10.8. The molecule has 1 heteroatoms. The van der Waals surface area contributed by atoms with E-state index < -0.39 is 0 Å². The van der Waals surface area contributed by atoms with Crippen LogP contribution in [0.3, 0.4) is 0 Å². The Kier molecular flexibility index (Phi) is 6.54. The molecule has 0 aliphatic rings. The molecule has 0 bridgehead atoms. The van der Waals surface area contributed by atoms with Crippen LogP contribution in [0.1, 0.15) is 22.3 Å². The SMILES string of the molecule is C=Cc1ccc(-c2ccccc2CN(Cc2ccccc2)Cc2ccccc2)cc1. The summed E-state index contributed by atoms with van der Waals surface area (Å²) < 4.78 is 0. The largest absolute Gasteiger partial charge is 0.291 e. The van der Waals surface area contributed by atoms with Gasteiger partial charge in [0.1, 0.15) is 0 Å². The van der Waals surface area contributed by atoms with Crippen LogP contribution in [-0.2, 0) is 19.6 Å². The van der Waals surface area contributed by atoms with Crippen molar-refractivity contribution in [3.05, 3.63) is 138 Å². The average molecular weight is 390 g/mol. The third-order valence-corrected chi connectivity index (χ3v) is 5.37. The van der Waals surface area contributed by atoms with Gasteiger partial charge < -0.3 is 0 Å². The van der Waals surface area contributed by atoms with Crippen LogP contribution < -0.4 is 0 Å². The molecule has 4 aromatic rings. The predicted molar refractivity (Wildman–Crippen MR) is 128 cm³/mol. The molecular formula is C29H27N. The van der Waals surface area contributed by atoms with E-state index in [1.54, 1.807) is 0 Å². The molecule has 0 N–H and O–H groups in total. The quantitative estimate of drug-likeness (QED) is 0.308. The summed E-state index contributed by atoms with van der Waals surface area (Å²) in [5, 5.41) is 0. The van der Waals surface area contributed by atoms with E-state index in [2.05, 4.69) is 121 Å². The lowest BCUT2D eigenvalue weighted by atomic mass is 9.98. The zero-order valence-electron chi connectivity index (χ0n) is 17.2. The maximum atomic E-state index is 3.86. The van der Waals surface area contributed by atoms with Gasteiger partial charge in [-0.3, -0.25) is 4.90 Å². The molecule has 0 radical (unpaired) electrons. The first-order chi connectivity index (χ1) is 14.8. The number of hydrogen-bond acceptors (Lipinski definition) is 1. The smallest absolute Gasteiger partial charge is 0.0246 e. The van der Waals surface area contributed by atoms with Gasteiger partial charge in [-0.1, -0.05) is 122 Å². The summed E-state index contributed by atoms with van der Waals surface area (Å²) in [6.07, 6.45) is 1.89. The zero-order chi connectivity index (χ0) is 20.6. The molecule has 0 unspecified atom stereocenters. The molecule has 0 heterocycles. The molecule has 0 saturated heterocycles. The molecule has 4 aromatic carbocycles. The van der Waals surface area contributed by atoms with Gasteiger partial charge in [0.25, 0.3) is 0 Å². The lowest BCUT2D eigenvalue weighted by Crippen LogP contribution is -2.22. The van der Waals surface area contributed by atoms with Gasteiger partial charge in [0.05, 0.1) is 0 Å². The molecule has 0 aromatic heterocycles. The van der Waals surface area contributed by atoms with Crippen molar-refractivity contribution in [2.24, 2.45) is 0 Å². The predicted octanol–water partition coefficient (Wildman–Crippen LogP) is 7.20. The first-order valence-corrected chi connectivity index (χ1v) is 10.4. The van der Waals surface area contributed by atoms with Gasteiger partial charge in [0.2, 0.25) is 0 Å². The first kappa shape index (κ1) is 19.9. The first-order valence-electron chi connectivity index (χ1n) is 10.4. The summed E-state index contributed by atoms with van der Waals surface area (Å²) in [4.78, 5) is 2.52. The molecule has 0 fully saturated rings. The topological polar surface area (TPSA) is 3.24 Å². The van der Waals surface area contributed by atoms with Crippen molar-refractivity contribution in [2.45, 2.75) is 19.6 Å². The van der Waals surface area contributed by atoms with E-state index in [0.717, 1.165) is 25.2 Å². The monoisotopic (exact) mass is 389 g/mol. The Morgan fingerprint density at radius 3 is 1.67 bits per heavy atom. The van der Waals surface area contributed by atoms with Gasteiger partial charge in [-0.25, -0.2) is 0 Å². The van der Waals surface area contributed by atoms with E-state index in [4.69, 9.17) is 0 Å². The van der Waals surface area contributed by atoms with Crippen molar-refractivity contribution < 1.29 is 0 Å². The molecule has 0 saturated carbocycles. The minimum atomic E-state index is 0.892. The molecule has 30 heavy (non-hydrogen) atoms. The standard InChI is InChI=1S/C29H27N/c1-2-24-17-19-27(20-18-24)29-16-10-9-15-28(29)23-30(21-25-11-5-3-6-12-25)22-26-13-7-4-8-14-26/h2-20H,1,21-23H2. The Hall–Kier alpha value is -3.42. The second-order valence-corrected chi connectivity index (χ2v) is 7.60. The fourth-order valence-electron chi connectivity index (χ4n) is 3.83.